The van der Waals surface area contributed by atoms with Gasteiger partial charge in [0.05, 0.1) is 0 Å². The average molecular weight is 484 g/mol. The lowest BCUT2D eigenvalue weighted by molar-refractivity contribution is 0.322. The van der Waals surface area contributed by atoms with E-state index in [0.29, 0.717) is 0 Å². The van der Waals surface area contributed by atoms with Crippen LogP contribution < -0.4 is 10.6 Å². The minimum absolute atomic E-state index is 0. The summed E-state index contributed by atoms with van der Waals surface area (Å²) in [6.07, 6.45) is 5.86. The third-order valence-corrected chi connectivity index (χ3v) is 4.02. The molecule has 1 aromatic heterocycles. The van der Waals surface area contributed by atoms with Gasteiger partial charge in [-0.1, -0.05) is 30.3 Å². The molecule has 0 saturated carbocycles. The van der Waals surface area contributed by atoms with Gasteiger partial charge in [-0.15, -0.1) is 24.0 Å². The summed E-state index contributed by atoms with van der Waals surface area (Å²) in [7, 11) is 2.17. The zero-order valence-electron chi connectivity index (χ0n) is 16.5. The van der Waals surface area contributed by atoms with Crippen LogP contribution in [0.3, 0.4) is 0 Å². The summed E-state index contributed by atoms with van der Waals surface area (Å²) in [6.45, 7) is 7.63. The molecule has 0 unspecified atom stereocenters. The van der Waals surface area contributed by atoms with E-state index in [2.05, 4.69) is 69.9 Å². The topological polar surface area (TPSA) is 57.5 Å². The Morgan fingerprint density at radius 2 is 1.96 bits per heavy atom. The fourth-order valence-corrected chi connectivity index (χ4v) is 2.73. The number of hydrogen-bond acceptors (Lipinski definition) is 3. The quantitative estimate of drug-likeness (QED) is 0.223. The van der Waals surface area contributed by atoms with E-state index in [1.54, 1.807) is 0 Å². The van der Waals surface area contributed by atoms with Crippen molar-refractivity contribution in [1.29, 1.82) is 0 Å². The van der Waals surface area contributed by atoms with Gasteiger partial charge in [0.25, 0.3) is 0 Å². The van der Waals surface area contributed by atoms with Crippen molar-refractivity contribution in [2.75, 3.05) is 33.2 Å². The van der Waals surface area contributed by atoms with E-state index in [4.69, 9.17) is 0 Å². The summed E-state index contributed by atoms with van der Waals surface area (Å²) >= 11 is 0. The summed E-state index contributed by atoms with van der Waals surface area (Å²) < 4.78 is 1.94. The Morgan fingerprint density at radius 3 is 2.67 bits per heavy atom. The molecule has 0 atom stereocenters. The number of nitrogens with zero attached hydrogens (tertiary/aromatic N) is 4. The Labute approximate surface area is 180 Å². The number of halogens is 1. The Bertz CT molecular complexity index is 615. The summed E-state index contributed by atoms with van der Waals surface area (Å²) in [5, 5.41) is 10.9. The lowest BCUT2D eigenvalue weighted by atomic mass is 10.2. The molecule has 27 heavy (non-hydrogen) atoms. The fraction of sp³-hybridized carbons (Fsp3) is 0.500. The standard InChI is InChI=1S/C20H32N6.HI/c1-3-21-20(23-13-8-16-26-17-9-14-24-26)22-12-7-15-25(2)18-19-10-5-4-6-11-19;/h4-6,9-11,14,17H,3,7-8,12-13,15-16,18H2,1-2H3,(H2,21,22,23);1H. The van der Waals surface area contributed by atoms with Gasteiger partial charge in [-0.05, 0) is 45.0 Å². The van der Waals surface area contributed by atoms with Crippen LogP contribution in [0, 0.1) is 0 Å². The normalized spacial score (nSPS) is 11.3. The highest BCUT2D eigenvalue weighted by Crippen LogP contribution is 2.02. The predicted octanol–water partition coefficient (Wildman–Crippen LogP) is 2.97. The van der Waals surface area contributed by atoms with Crippen LogP contribution in [0.2, 0.25) is 0 Å². The highest BCUT2D eigenvalue weighted by Gasteiger charge is 2.01. The first-order valence-corrected chi connectivity index (χ1v) is 9.50. The van der Waals surface area contributed by atoms with Crippen LogP contribution in [-0.2, 0) is 13.1 Å². The SMILES string of the molecule is CCNC(=NCCCn1cccn1)NCCCN(C)Cc1ccccc1.I. The van der Waals surface area contributed by atoms with Crippen molar-refractivity contribution in [3.05, 3.63) is 54.4 Å². The van der Waals surface area contributed by atoms with Crippen molar-refractivity contribution in [3.63, 3.8) is 0 Å². The Kier molecular flexibility index (Phi) is 12.5. The van der Waals surface area contributed by atoms with Gasteiger partial charge in [-0.3, -0.25) is 9.67 Å². The summed E-state index contributed by atoms with van der Waals surface area (Å²) in [5.41, 5.74) is 1.36. The third-order valence-electron chi connectivity index (χ3n) is 4.02. The van der Waals surface area contributed by atoms with Crippen molar-refractivity contribution in [1.82, 2.24) is 25.3 Å². The van der Waals surface area contributed by atoms with E-state index in [0.717, 1.165) is 58.1 Å². The molecule has 2 aromatic rings. The van der Waals surface area contributed by atoms with Gasteiger partial charge < -0.3 is 15.5 Å². The van der Waals surface area contributed by atoms with E-state index >= 15 is 0 Å². The molecule has 6 nitrogen and oxygen atoms in total. The van der Waals surface area contributed by atoms with Gasteiger partial charge in [0.2, 0.25) is 0 Å². The van der Waals surface area contributed by atoms with Gasteiger partial charge >= 0.3 is 0 Å². The Hall–Kier alpha value is -1.61. The number of aryl methyl sites for hydroxylation is 1. The second kappa shape index (κ2) is 14.4. The van der Waals surface area contributed by atoms with Gasteiger partial charge in [0.15, 0.2) is 5.96 Å². The van der Waals surface area contributed by atoms with Gasteiger partial charge in [0, 0.05) is 45.1 Å². The van der Waals surface area contributed by atoms with Crippen LogP contribution in [0.4, 0.5) is 0 Å². The van der Waals surface area contributed by atoms with E-state index in [1.807, 2.05) is 23.1 Å². The van der Waals surface area contributed by atoms with Crippen LogP contribution >= 0.6 is 24.0 Å². The lowest BCUT2D eigenvalue weighted by Gasteiger charge is -2.17. The third kappa shape index (κ3) is 10.3. The van der Waals surface area contributed by atoms with Gasteiger partial charge in [-0.2, -0.15) is 5.10 Å². The number of aromatic nitrogens is 2. The second-order valence-electron chi connectivity index (χ2n) is 6.39. The molecule has 7 heteroatoms. The highest BCUT2D eigenvalue weighted by molar-refractivity contribution is 14.0. The van der Waals surface area contributed by atoms with E-state index in [9.17, 15) is 0 Å². The maximum atomic E-state index is 4.64. The molecule has 2 N–H and O–H groups in total. The Morgan fingerprint density at radius 1 is 1.15 bits per heavy atom. The van der Waals surface area contributed by atoms with Crippen LogP contribution in [0.1, 0.15) is 25.3 Å². The summed E-state index contributed by atoms with van der Waals surface area (Å²) in [4.78, 5) is 6.99. The zero-order valence-corrected chi connectivity index (χ0v) is 18.8. The van der Waals surface area contributed by atoms with Crippen LogP contribution in [0.15, 0.2) is 53.8 Å². The molecule has 0 aliphatic heterocycles. The molecule has 150 valence electrons. The zero-order chi connectivity index (χ0) is 18.5. The molecule has 0 fully saturated rings. The van der Waals surface area contributed by atoms with Gasteiger partial charge in [-0.25, -0.2) is 0 Å². The largest absolute Gasteiger partial charge is 0.357 e. The number of benzene rings is 1. The minimum atomic E-state index is 0. The predicted molar refractivity (Wildman–Crippen MR) is 124 cm³/mol. The molecule has 0 radical (unpaired) electrons. The molecule has 0 saturated heterocycles. The smallest absolute Gasteiger partial charge is 0.191 e. The number of rotatable bonds is 11. The van der Waals surface area contributed by atoms with Crippen LogP contribution in [0.25, 0.3) is 0 Å². The van der Waals surface area contributed by atoms with E-state index in [1.165, 1.54) is 5.56 Å². The lowest BCUT2D eigenvalue weighted by Crippen LogP contribution is -2.38. The Balaban J connectivity index is 0.00000364. The molecule has 0 aliphatic rings. The maximum Gasteiger partial charge on any atom is 0.191 e. The van der Waals surface area contributed by atoms with Crippen molar-refractivity contribution < 1.29 is 0 Å². The number of aliphatic imine (C=N–C) groups is 1. The molecule has 1 heterocycles. The first-order valence-electron chi connectivity index (χ1n) is 9.50. The van der Waals surface area contributed by atoms with Crippen LogP contribution in [0.5, 0.6) is 0 Å². The summed E-state index contributed by atoms with van der Waals surface area (Å²) in [5.74, 6) is 0.902. The van der Waals surface area contributed by atoms with Crippen molar-refractivity contribution >= 4 is 29.9 Å². The molecule has 0 aliphatic carbocycles. The molecular formula is C20H33IN6. The highest BCUT2D eigenvalue weighted by atomic mass is 127. The number of guanidine groups is 1. The fourth-order valence-electron chi connectivity index (χ4n) is 2.73. The molecule has 0 bridgehead atoms. The summed E-state index contributed by atoms with van der Waals surface area (Å²) in [6, 6.07) is 12.5. The van der Waals surface area contributed by atoms with E-state index in [-0.39, 0.29) is 24.0 Å². The number of hydrogen-bond donors (Lipinski definition) is 2. The maximum absolute atomic E-state index is 4.64. The molecule has 0 amide bonds. The van der Waals surface area contributed by atoms with Crippen LogP contribution in [-0.4, -0.2) is 53.9 Å². The second-order valence-corrected chi connectivity index (χ2v) is 6.39. The number of nitrogens with one attached hydrogen (secondary N) is 2. The molecule has 1 aromatic carbocycles. The van der Waals surface area contributed by atoms with Crippen molar-refractivity contribution in [2.24, 2.45) is 4.99 Å². The molecule has 2 rings (SSSR count). The van der Waals surface area contributed by atoms with Gasteiger partial charge in [0.1, 0.15) is 0 Å². The average Bonchev–Trinajstić information content (AvgIpc) is 3.16. The minimum Gasteiger partial charge on any atom is -0.357 e. The van der Waals surface area contributed by atoms with E-state index < -0.39 is 0 Å². The monoisotopic (exact) mass is 484 g/mol. The molecule has 0 spiro atoms. The molecular weight excluding hydrogens is 451 g/mol. The first-order chi connectivity index (χ1) is 12.8. The first kappa shape index (κ1) is 23.4. The van der Waals surface area contributed by atoms with Crippen molar-refractivity contribution in [3.8, 4) is 0 Å². The van der Waals surface area contributed by atoms with Crippen molar-refractivity contribution in [2.45, 2.75) is 32.9 Å².